The van der Waals surface area contributed by atoms with Gasteiger partial charge < -0.3 is 24.1 Å². The van der Waals surface area contributed by atoms with Crippen molar-refractivity contribution < 1.29 is 24.1 Å². The Hall–Kier alpha value is -2.97. The summed E-state index contributed by atoms with van der Waals surface area (Å²) < 4.78 is 25.4. The lowest BCUT2D eigenvalue weighted by Gasteiger charge is -2.44. The average molecular weight is 543 g/mol. The van der Waals surface area contributed by atoms with Crippen LogP contribution in [0, 0.1) is 0 Å². The highest BCUT2D eigenvalue weighted by atomic mass is 32.2. The number of hydrogen-bond acceptors (Lipinski definition) is 6. The van der Waals surface area contributed by atoms with E-state index < -0.39 is 29.9 Å². The van der Waals surface area contributed by atoms with Crippen molar-refractivity contribution in [3.63, 3.8) is 0 Å². The lowest BCUT2D eigenvalue weighted by Crippen LogP contribution is -2.59. The molecule has 0 saturated carbocycles. The molecule has 202 valence electrons. The van der Waals surface area contributed by atoms with Gasteiger partial charge in [0.05, 0.1) is 26.4 Å². The maximum Gasteiger partial charge on any atom is 0.137 e. The predicted molar refractivity (Wildman–Crippen MR) is 153 cm³/mol. The monoisotopic (exact) mass is 542 g/mol. The molecule has 0 bridgehead atoms. The molecule has 5 rings (SSSR count). The molecule has 0 unspecified atom stereocenters. The van der Waals surface area contributed by atoms with E-state index in [1.54, 1.807) is 11.8 Å². The fraction of sp³-hybridized carbons (Fsp3) is 0.273. The second-order valence-electron chi connectivity index (χ2n) is 9.49. The van der Waals surface area contributed by atoms with E-state index in [1.807, 2.05) is 121 Å². The number of hydrogen-bond donors (Lipinski definition) is 1. The summed E-state index contributed by atoms with van der Waals surface area (Å²) in [5.41, 5.74) is 2.68. The highest BCUT2D eigenvalue weighted by molar-refractivity contribution is 7.99. The van der Waals surface area contributed by atoms with Crippen LogP contribution in [0.1, 0.15) is 16.7 Å². The van der Waals surface area contributed by atoms with Gasteiger partial charge in [-0.15, -0.1) is 0 Å². The summed E-state index contributed by atoms with van der Waals surface area (Å²) in [4.78, 5) is 1.04. The van der Waals surface area contributed by atoms with Crippen LogP contribution in [-0.2, 0) is 38.8 Å². The zero-order chi connectivity index (χ0) is 26.7. The fourth-order valence-corrected chi connectivity index (χ4v) is 5.70. The van der Waals surface area contributed by atoms with Crippen molar-refractivity contribution in [3.8, 4) is 0 Å². The summed E-state index contributed by atoms with van der Waals surface area (Å²) in [5.74, 6) is 0. The molecule has 5 atom stereocenters. The molecule has 1 fully saturated rings. The minimum absolute atomic E-state index is 0.280. The van der Waals surface area contributed by atoms with Gasteiger partial charge in [-0.3, -0.25) is 0 Å². The molecule has 1 N–H and O–H groups in total. The molecule has 4 aromatic rings. The predicted octanol–water partition coefficient (Wildman–Crippen LogP) is 6.25. The third kappa shape index (κ3) is 8.02. The van der Waals surface area contributed by atoms with Gasteiger partial charge in [0.2, 0.25) is 0 Å². The van der Waals surface area contributed by atoms with Crippen LogP contribution in [0.3, 0.4) is 0 Å². The van der Waals surface area contributed by atoms with Gasteiger partial charge >= 0.3 is 0 Å². The number of thioether (sulfide) groups is 1. The lowest BCUT2D eigenvalue weighted by atomic mass is 9.99. The first-order valence-electron chi connectivity index (χ1n) is 13.2. The van der Waals surface area contributed by atoms with Gasteiger partial charge in [0, 0.05) is 4.90 Å². The second kappa shape index (κ2) is 14.4. The Balaban J connectivity index is 1.35. The van der Waals surface area contributed by atoms with Gasteiger partial charge in [0.25, 0.3) is 0 Å². The van der Waals surface area contributed by atoms with Gasteiger partial charge in [0.15, 0.2) is 0 Å². The minimum atomic E-state index is -0.919. The molecule has 1 aliphatic rings. The van der Waals surface area contributed by atoms with Crippen LogP contribution in [0.2, 0.25) is 0 Å². The molecule has 4 aromatic carbocycles. The summed E-state index contributed by atoms with van der Waals surface area (Å²) in [6.07, 6.45) is -2.64. The van der Waals surface area contributed by atoms with E-state index in [2.05, 4.69) is 0 Å². The zero-order valence-corrected chi connectivity index (χ0v) is 22.6. The standard InChI is InChI=1S/C33H34O5S/c34-30-31(36-22-26-15-7-2-8-16-26)29(24-35-21-25-13-5-1-6-14-25)38-33(39-28-19-11-4-12-20-28)32(30)37-23-27-17-9-3-10-18-27/h1-20,29-34H,21-24H2/t29-,30+,31-,32+,33-/m1/s1. The Morgan fingerprint density at radius 1 is 0.590 bits per heavy atom. The van der Waals surface area contributed by atoms with Crippen molar-refractivity contribution in [2.75, 3.05) is 6.61 Å². The van der Waals surface area contributed by atoms with Gasteiger partial charge in [-0.25, -0.2) is 0 Å². The Kier molecular flexibility index (Phi) is 10.2. The average Bonchev–Trinajstić information content (AvgIpc) is 2.99. The Labute approximate surface area is 234 Å². The number of aliphatic hydroxyl groups is 1. The second-order valence-corrected chi connectivity index (χ2v) is 10.7. The van der Waals surface area contributed by atoms with Crippen molar-refractivity contribution in [1.82, 2.24) is 0 Å². The maximum absolute atomic E-state index is 11.7. The molecule has 5 nitrogen and oxygen atoms in total. The number of rotatable bonds is 12. The molecular weight excluding hydrogens is 508 g/mol. The normalized spacial score (nSPS) is 22.9. The first-order chi connectivity index (χ1) is 19.3. The molecule has 0 aliphatic carbocycles. The van der Waals surface area contributed by atoms with Crippen molar-refractivity contribution >= 4 is 11.8 Å². The summed E-state index contributed by atoms with van der Waals surface area (Å²) in [6, 6.07) is 40.0. The third-order valence-electron chi connectivity index (χ3n) is 6.58. The van der Waals surface area contributed by atoms with E-state index in [0.29, 0.717) is 19.8 Å². The lowest BCUT2D eigenvalue weighted by molar-refractivity contribution is -0.240. The van der Waals surface area contributed by atoms with Crippen molar-refractivity contribution in [2.24, 2.45) is 0 Å². The Bertz CT molecular complexity index is 1220. The van der Waals surface area contributed by atoms with Crippen molar-refractivity contribution in [2.45, 2.75) is 54.6 Å². The molecule has 0 radical (unpaired) electrons. The summed E-state index contributed by atoms with van der Waals surface area (Å²) in [5, 5.41) is 11.7. The van der Waals surface area contributed by atoms with Crippen LogP contribution in [0.4, 0.5) is 0 Å². The van der Waals surface area contributed by atoms with E-state index in [0.717, 1.165) is 21.6 Å². The molecular formula is C33H34O5S. The molecule has 39 heavy (non-hydrogen) atoms. The molecule has 1 heterocycles. The van der Waals surface area contributed by atoms with Crippen molar-refractivity contribution in [3.05, 3.63) is 138 Å². The minimum Gasteiger partial charge on any atom is -0.387 e. The highest BCUT2D eigenvalue weighted by Crippen LogP contribution is 2.36. The van der Waals surface area contributed by atoms with E-state index >= 15 is 0 Å². The molecule has 1 aliphatic heterocycles. The van der Waals surface area contributed by atoms with Gasteiger partial charge in [-0.05, 0) is 28.8 Å². The molecule has 6 heteroatoms. The zero-order valence-electron chi connectivity index (χ0n) is 21.8. The van der Waals surface area contributed by atoms with Crippen LogP contribution in [0.15, 0.2) is 126 Å². The largest absolute Gasteiger partial charge is 0.387 e. The summed E-state index contributed by atoms with van der Waals surface area (Å²) in [6.45, 7) is 1.44. The van der Waals surface area contributed by atoms with Crippen LogP contribution >= 0.6 is 11.8 Å². The quantitative estimate of drug-likeness (QED) is 0.228. The fourth-order valence-electron chi connectivity index (χ4n) is 4.54. The summed E-state index contributed by atoms with van der Waals surface area (Å²) in [7, 11) is 0. The van der Waals surface area contributed by atoms with E-state index in [1.165, 1.54) is 0 Å². The number of aliphatic hydroxyl groups excluding tert-OH is 1. The van der Waals surface area contributed by atoms with Gasteiger partial charge in [-0.1, -0.05) is 121 Å². The SMILES string of the molecule is O[C@@H]1[C@H](OCc2ccccc2)[C@@H](Sc2ccccc2)O[C@H](COCc2ccccc2)[C@H]1OCc1ccccc1. The topological polar surface area (TPSA) is 57.2 Å². The van der Waals surface area contributed by atoms with Gasteiger partial charge in [-0.2, -0.15) is 0 Å². The Morgan fingerprint density at radius 3 is 1.59 bits per heavy atom. The van der Waals surface area contributed by atoms with Crippen LogP contribution in [0.5, 0.6) is 0 Å². The highest BCUT2D eigenvalue weighted by Gasteiger charge is 2.47. The van der Waals surface area contributed by atoms with Crippen LogP contribution in [0.25, 0.3) is 0 Å². The first-order valence-corrected chi connectivity index (χ1v) is 14.1. The molecule has 0 aromatic heterocycles. The smallest absolute Gasteiger partial charge is 0.137 e. The number of benzene rings is 4. The van der Waals surface area contributed by atoms with Crippen LogP contribution in [-0.4, -0.2) is 41.6 Å². The van der Waals surface area contributed by atoms with Crippen LogP contribution < -0.4 is 0 Å². The van der Waals surface area contributed by atoms with Crippen molar-refractivity contribution in [1.29, 1.82) is 0 Å². The van der Waals surface area contributed by atoms with E-state index in [-0.39, 0.29) is 6.61 Å². The maximum atomic E-state index is 11.7. The summed E-state index contributed by atoms with van der Waals surface area (Å²) >= 11 is 1.54. The molecule has 0 spiro atoms. The molecule has 1 saturated heterocycles. The number of ether oxygens (including phenoxy) is 4. The first kappa shape index (κ1) is 27.6. The van der Waals surface area contributed by atoms with E-state index in [9.17, 15) is 5.11 Å². The van der Waals surface area contributed by atoms with Gasteiger partial charge in [0.1, 0.15) is 29.9 Å². The Morgan fingerprint density at radius 2 is 1.05 bits per heavy atom. The molecule has 0 amide bonds. The third-order valence-corrected chi connectivity index (χ3v) is 7.73. The van der Waals surface area contributed by atoms with E-state index in [4.69, 9.17) is 18.9 Å².